The van der Waals surface area contributed by atoms with E-state index in [9.17, 15) is 4.79 Å². The minimum Gasteiger partial charge on any atom is -0.352 e. The van der Waals surface area contributed by atoms with Gasteiger partial charge in [-0.25, -0.2) is 0 Å². The van der Waals surface area contributed by atoms with Crippen molar-refractivity contribution in [2.24, 2.45) is 0 Å². The van der Waals surface area contributed by atoms with Crippen molar-refractivity contribution >= 4 is 40.3 Å². The quantitative estimate of drug-likeness (QED) is 0.546. The van der Waals surface area contributed by atoms with Crippen molar-refractivity contribution in [2.45, 2.75) is 32.4 Å². The molecule has 2 aromatic heterocycles. The summed E-state index contributed by atoms with van der Waals surface area (Å²) >= 11 is 7.39. The summed E-state index contributed by atoms with van der Waals surface area (Å²) in [6, 6.07) is 15.8. The minimum absolute atomic E-state index is 0.0135. The lowest BCUT2D eigenvalue weighted by atomic mass is 10.0. The number of carbonyl (C=O) groups excluding carboxylic acids is 1. The first-order valence-electron chi connectivity index (χ1n) is 9.91. The van der Waals surface area contributed by atoms with Gasteiger partial charge in [-0.3, -0.25) is 9.78 Å². The van der Waals surface area contributed by atoms with E-state index in [1.807, 2.05) is 49.4 Å². The molecule has 0 bridgehead atoms. The third-order valence-corrected chi connectivity index (χ3v) is 6.73. The Bertz CT molecular complexity index is 1030. The van der Waals surface area contributed by atoms with Crippen molar-refractivity contribution in [1.29, 1.82) is 0 Å². The van der Waals surface area contributed by atoms with Crippen LogP contribution in [0.5, 0.6) is 0 Å². The van der Waals surface area contributed by atoms with Crippen molar-refractivity contribution in [2.75, 3.05) is 11.9 Å². The van der Waals surface area contributed by atoms with Gasteiger partial charge in [0.1, 0.15) is 0 Å². The molecule has 7 heteroatoms. The molecule has 2 unspecified atom stereocenters. The fourth-order valence-corrected chi connectivity index (χ4v) is 5.11. The molecule has 30 heavy (non-hydrogen) atoms. The Labute approximate surface area is 186 Å². The lowest BCUT2D eigenvalue weighted by molar-refractivity contribution is -0.116. The van der Waals surface area contributed by atoms with Crippen LogP contribution in [0.1, 0.15) is 40.2 Å². The van der Waals surface area contributed by atoms with Gasteiger partial charge in [0.2, 0.25) is 5.91 Å². The molecule has 1 aliphatic rings. The predicted octanol–water partition coefficient (Wildman–Crippen LogP) is 4.76. The van der Waals surface area contributed by atoms with Crippen LogP contribution >= 0.6 is 23.6 Å². The topological polar surface area (TPSA) is 57.3 Å². The highest BCUT2D eigenvalue weighted by Crippen LogP contribution is 2.41. The van der Waals surface area contributed by atoms with Crippen LogP contribution in [-0.4, -0.2) is 27.4 Å². The zero-order valence-electron chi connectivity index (χ0n) is 17.0. The smallest absolute Gasteiger partial charge is 0.226 e. The van der Waals surface area contributed by atoms with Gasteiger partial charge in [0.05, 0.1) is 17.8 Å². The number of aryl methyl sites for hydroxylation is 2. The van der Waals surface area contributed by atoms with Gasteiger partial charge < -0.3 is 15.5 Å². The molecule has 1 aliphatic heterocycles. The van der Waals surface area contributed by atoms with E-state index in [0.29, 0.717) is 18.1 Å². The monoisotopic (exact) mass is 436 g/mol. The summed E-state index contributed by atoms with van der Waals surface area (Å²) in [5, 5.41) is 9.17. The van der Waals surface area contributed by atoms with Gasteiger partial charge >= 0.3 is 0 Å². The first-order valence-corrected chi connectivity index (χ1v) is 11.2. The second-order valence-electron chi connectivity index (χ2n) is 7.45. The van der Waals surface area contributed by atoms with Gasteiger partial charge in [-0.05, 0) is 67.3 Å². The molecule has 1 aromatic carbocycles. The summed E-state index contributed by atoms with van der Waals surface area (Å²) in [7, 11) is 0. The second kappa shape index (κ2) is 8.93. The molecule has 2 N–H and O–H groups in total. The Morgan fingerprint density at radius 2 is 2.00 bits per heavy atom. The van der Waals surface area contributed by atoms with Crippen LogP contribution in [0.3, 0.4) is 0 Å². The lowest BCUT2D eigenvalue weighted by Crippen LogP contribution is -2.32. The lowest BCUT2D eigenvalue weighted by Gasteiger charge is -2.27. The molecular weight excluding hydrogens is 412 g/mol. The molecule has 3 heterocycles. The Morgan fingerprint density at radius 1 is 1.20 bits per heavy atom. The average molecular weight is 437 g/mol. The summed E-state index contributed by atoms with van der Waals surface area (Å²) < 4.78 is 0. The van der Waals surface area contributed by atoms with Crippen molar-refractivity contribution in [3.05, 3.63) is 81.8 Å². The molecule has 5 nitrogen and oxygen atoms in total. The van der Waals surface area contributed by atoms with E-state index in [1.54, 1.807) is 17.5 Å². The Hall–Kier alpha value is -2.77. The SMILES string of the molecule is Cc1ccc(NC(=O)CCN2C(=S)NC(c3ccccn3)C2c2sccc2C)cc1. The molecule has 1 amide bonds. The largest absolute Gasteiger partial charge is 0.352 e. The number of carbonyl (C=O) groups is 1. The first-order chi connectivity index (χ1) is 14.5. The number of hydrogen-bond donors (Lipinski definition) is 2. The molecule has 154 valence electrons. The maximum Gasteiger partial charge on any atom is 0.226 e. The maximum atomic E-state index is 12.6. The van der Waals surface area contributed by atoms with E-state index in [0.717, 1.165) is 16.9 Å². The molecule has 0 aliphatic carbocycles. The third kappa shape index (κ3) is 4.37. The van der Waals surface area contributed by atoms with Crippen molar-refractivity contribution in [3.8, 4) is 0 Å². The summed E-state index contributed by atoms with van der Waals surface area (Å²) in [5.41, 5.74) is 4.15. The summed E-state index contributed by atoms with van der Waals surface area (Å²) in [5.74, 6) is -0.0235. The van der Waals surface area contributed by atoms with Crippen LogP contribution in [0.15, 0.2) is 60.1 Å². The predicted molar refractivity (Wildman–Crippen MR) is 126 cm³/mol. The number of nitrogens with one attached hydrogen (secondary N) is 2. The van der Waals surface area contributed by atoms with Crippen LogP contribution < -0.4 is 10.6 Å². The van der Waals surface area contributed by atoms with Gasteiger partial charge in [0.15, 0.2) is 5.11 Å². The fraction of sp³-hybridized carbons (Fsp3) is 0.261. The van der Waals surface area contributed by atoms with E-state index >= 15 is 0 Å². The summed E-state index contributed by atoms with van der Waals surface area (Å²) in [6.45, 7) is 4.68. The fourth-order valence-electron chi connectivity index (χ4n) is 3.70. The number of benzene rings is 1. The first kappa shape index (κ1) is 20.5. The van der Waals surface area contributed by atoms with Crippen molar-refractivity contribution in [1.82, 2.24) is 15.2 Å². The number of rotatable bonds is 6. The van der Waals surface area contributed by atoms with E-state index < -0.39 is 0 Å². The minimum atomic E-state index is -0.0452. The standard InChI is InChI=1S/C23H24N4OS2/c1-15-6-8-17(9-7-15)25-19(28)10-13-27-21(22-16(2)11-14-30-22)20(26-23(27)29)18-5-3-4-12-24-18/h3-9,11-12,14,20-21H,10,13H2,1-2H3,(H,25,28)(H,26,29). The normalized spacial score (nSPS) is 18.3. The molecular formula is C23H24N4OS2. The van der Waals surface area contributed by atoms with Gasteiger partial charge in [-0.1, -0.05) is 23.8 Å². The van der Waals surface area contributed by atoms with Crippen molar-refractivity contribution < 1.29 is 4.79 Å². The van der Waals surface area contributed by atoms with Crippen LogP contribution in [-0.2, 0) is 4.79 Å². The Morgan fingerprint density at radius 3 is 2.67 bits per heavy atom. The molecule has 2 atom stereocenters. The van der Waals surface area contributed by atoms with E-state index in [1.165, 1.54) is 10.4 Å². The number of thiocarbonyl (C=S) groups is 1. The highest BCUT2D eigenvalue weighted by atomic mass is 32.1. The molecule has 0 radical (unpaired) electrons. The molecule has 0 saturated carbocycles. The number of nitrogens with zero attached hydrogens (tertiary/aromatic N) is 2. The highest BCUT2D eigenvalue weighted by molar-refractivity contribution is 7.80. The number of pyridine rings is 1. The van der Waals surface area contributed by atoms with E-state index in [2.05, 4.69) is 38.9 Å². The van der Waals surface area contributed by atoms with Crippen LogP contribution in [0.4, 0.5) is 5.69 Å². The van der Waals surface area contributed by atoms with Crippen LogP contribution in [0.2, 0.25) is 0 Å². The Kier molecular flexibility index (Phi) is 6.11. The number of hydrogen-bond acceptors (Lipinski definition) is 4. The molecule has 1 fully saturated rings. The van der Waals surface area contributed by atoms with Crippen LogP contribution in [0.25, 0.3) is 0 Å². The average Bonchev–Trinajstić information content (AvgIpc) is 3.31. The zero-order chi connectivity index (χ0) is 21.1. The number of thiophene rings is 1. The Balaban J connectivity index is 1.52. The molecule has 0 spiro atoms. The van der Waals surface area contributed by atoms with Gasteiger partial charge in [0, 0.05) is 29.7 Å². The molecule has 4 rings (SSSR count). The van der Waals surface area contributed by atoms with E-state index in [-0.39, 0.29) is 18.0 Å². The number of anilines is 1. The molecule has 3 aromatic rings. The maximum absolute atomic E-state index is 12.6. The van der Waals surface area contributed by atoms with Gasteiger partial charge in [0.25, 0.3) is 0 Å². The number of aromatic nitrogens is 1. The summed E-state index contributed by atoms with van der Waals surface area (Å²) in [6.07, 6.45) is 2.15. The van der Waals surface area contributed by atoms with Gasteiger partial charge in [-0.15, -0.1) is 11.3 Å². The third-order valence-electron chi connectivity index (χ3n) is 5.28. The summed E-state index contributed by atoms with van der Waals surface area (Å²) in [4.78, 5) is 20.5. The van der Waals surface area contributed by atoms with Gasteiger partial charge in [-0.2, -0.15) is 0 Å². The highest BCUT2D eigenvalue weighted by Gasteiger charge is 2.40. The van der Waals surface area contributed by atoms with Crippen molar-refractivity contribution in [3.63, 3.8) is 0 Å². The van der Waals surface area contributed by atoms with Crippen LogP contribution in [0, 0.1) is 13.8 Å². The second-order valence-corrected chi connectivity index (χ2v) is 8.79. The number of amides is 1. The molecule has 1 saturated heterocycles. The van der Waals surface area contributed by atoms with E-state index in [4.69, 9.17) is 12.2 Å². The zero-order valence-corrected chi connectivity index (χ0v) is 18.6.